The highest BCUT2D eigenvalue weighted by atomic mass is 79.9. The summed E-state index contributed by atoms with van der Waals surface area (Å²) >= 11 is 10.3. The summed E-state index contributed by atoms with van der Waals surface area (Å²) in [7, 11) is 0. The first kappa shape index (κ1) is 20.1. The van der Waals surface area contributed by atoms with Crippen LogP contribution in [-0.4, -0.2) is 18.2 Å². The van der Waals surface area contributed by atoms with Gasteiger partial charge in [0, 0.05) is 19.1 Å². The minimum Gasteiger partial charge on any atom is -0.375 e. The molecule has 0 spiro atoms. The van der Waals surface area contributed by atoms with Crippen LogP contribution in [0.5, 0.6) is 0 Å². The molecule has 0 atom stereocenters. The Bertz CT molecular complexity index is 764. The van der Waals surface area contributed by atoms with Gasteiger partial charge >= 0.3 is 0 Å². The smallest absolute Gasteiger partial charge is 0.259 e. The first-order valence-corrected chi connectivity index (χ1v) is 10.1. The quantitative estimate of drug-likeness (QED) is 0.281. The van der Waals surface area contributed by atoms with E-state index in [0.29, 0.717) is 0 Å². The van der Waals surface area contributed by atoms with Crippen LogP contribution in [0.1, 0.15) is 18.9 Å². The Balaban J connectivity index is 1.79. The zero-order valence-electron chi connectivity index (χ0n) is 13.7. The zero-order chi connectivity index (χ0) is 18.2. The number of amides is 1. The van der Waals surface area contributed by atoms with Crippen LogP contribution in [0.25, 0.3) is 0 Å². The summed E-state index contributed by atoms with van der Waals surface area (Å²) in [5, 5.41) is 7.24. The van der Waals surface area contributed by atoms with Crippen molar-refractivity contribution in [3.63, 3.8) is 0 Å². The Kier molecular flexibility index (Phi) is 8.12. The largest absolute Gasteiger partial charge is 0.375 e. The van der Waals surface area contributed by atoms with Gasteiger partial charge in [0.05, 0.1) is 12.2 Å². The van der Waals surface area contributed by atoms with Crippen molar-refractivity contribution in [3.05, 3.63) is 61.4 Å². The van der Waals surface area contributed by atoms with Crippen molar-refractivity contribution in [3.8, 4) is 0 Å². The third-order valence-corrected chi connectivity index (χ3v) is 5.94. The lowest BCUT2D eigenvalue weighted by atomic mass is 10.1. The predicted molar refractivity (Wildman–Crippen MR) is 114 cm³/mol. The molecule has 2 aromatic carbocycles. The number of nitrogens with zero attached hydrogens (tertiary/aromatic N) is 1. The van der Waals surface area contributed by atoms with Crippen LogP contribution >= 0.6 is 47.8 Å². The van der Waals surface area contributed by atoms with Gasteiger partial charge < -0.3 is 5.32 Å². The van der Waals surface area contributed by atoms with E-state index in [2.05, 4.69) is 75.8 Å². The number of anilines is 1. The predicted octanol–water partition coefficient (Wildman–Crippen LogP) is 5.51. The average Bonchev–Trinajstić information content (AvgIpc) is 2.61. The van der Waals surface area contributed by atoms with Gasteiger partial charge in [-0.25, -0.2) is 5.43 Å². The molecule has 0 aliphatic carbocycles. The molecule has 0 bridgehead atoms. The zero-order valence-corrected chi connectivity index (χ0v) is 18.4. The van der Waals surface area contributed by atoms with E-state index in [1.54, 1.807) is 0 Å². The molecule has 0 aromatic heterocycles. The Morgan fingerprint density at radius 1 is 1.04 bits per heavy atom. The molecule has 0 saturated carbocycles. The molecule has 7 heteroatoms. The highest BCUT2D eigenvalue weighted by Gasteiger charge is 2.07. The Morgan fingerprint density at radius 3 is 2.44 bits per heavy atom. The van der Waals surface area contributed by atoms with E-state index in [-0.39, 0.29) is 12.5 Å². The fourth-order valence-corrected chi connectivity index (χ4v) is 3.53. The second-order valence-electron chi connectivity index (χ2n) is 5.47. The summed E-state index contributed by atoms with van der Waals surface area (Å²) in [5.41, 5.74) is 5.57. The van der Waals surface area contributed by atoms with Gasteiger partial charge in [-0.3, -0.25) is 4.79 Å². The number of hydrogen-bond acceptors (Lipinski definition) is 3. The molecular formula is C18H18Br3N3O. The summed E-state index contributed by atoms with van der Waals surface area (Å²) in [6, 6.07) is 14.0. The lowest BCUT2D eigenvalue weighted by molar-refractivity contribution is -0.119. The molecule has 0 heterocycles. The van der Waals surface area contributed by atoms with Gasteiger partial charge in [-0.2, -0.15) is 5.10 Å². The minimum atomic E-state index is -0.190. The number of carbonyl (C=O) groups excluding carboxylic acids is 1. The third kappa shape index (κ3) is 6.92. The molecule has 0 unspecified atom stereocenters. The second-order valence-corrected chi connectivity index (χ2v) is 8.03. The molecule has 2 aromatic rings. The molecule has 2 rings (SSSR count). The number of carbonyl (C=O) groups is 1. The van der Waals surface area contributed by atoms with Crippen molar-refractivity contribution in [1.29, 1.82) is 0 Å². The van der Waals surface area contributed by atoms with Gasteiger partial charge in [0.2, 0.25) is 0 Å². The van der Waals surface area contributed by atoms with Crippen molar-refractivity contribution in [2.75, 3.05) is 11.9 Å². The van der Waals surface area contributed by atoms with Crippen molar-refractivity contribution in [2.45, 2.75) is 19.8 Å². The van der Waals surface area contributed by atoms with Crippen LogP contribution in [0.4, 0.5) is 5.69 Å². The maximum Gasteiger partial charge on any atom is 0.259 e. The summed E-state index contributed by atoms with van der Waals surface area (Å²) in [4.78, 5) is 11.9. The number of nitrogens with one attached hydrogen (secondary N) is 2. The lowest BCUT2D eigenvalue weighted by Gasteiger charge is -2.09. The maximum atomic E-state index is 11.9. The molecule has 132 valence electrons. The molecule has 0 fully saturated rings. The highest BCUT2D eigenvalue weighted by Crippen LogP contribution is 2.32. The molecule has 4 nitrogen and oxygen atoms in total. The van der Waals surface area contributed by atoms with Crippen LogP contribution in [0, 0.1) is 0 Å². The second kappa shape index (κ2) is 10.1. The molecule has 25 heavy (non-hydrogen) atoms. The van der Waals surface area contributed by atoms with Crippen molar-refractivity contribution in [1.82, 2.24) is 5.43 Å². The monoisotopic (exact) mass is 529 g/mol. The minimum absolute atomic E-state index is 0.141. The van der Waals surface area contributed by atoms with E-state index in [1.165, 1.54) is 5.56 Å². The fourth-order valence-electron chi connectivity index (χ4n) is 2.06. The van der Waals surface area contributed by atoms with Crippen LogP contribution < -0.4 is 10.7 Å². The van der Waals surface area contributed by atoms with Crippen molar-refractivity contribution in [2.24, 2.45) is 5.10 Å². The van der Waals surface area contributed by atoms with E-state index >= 15 is 0 Å². The molecule has 0 radical (unpaired) electrons. The number of aryl methyl sites for hydroxylation is 1. The fraction of sp³-hybridized carbons (Fsp3) is 0.222. The van der Waals surface area contributed by atoms with Gasteiger partial charge in [-0.15, -0.1) is 0 Å². The number of halogens is 3. The lowest BCUT2D eigenvalue weighted by Crippen LogP contribution is -2.26. The van der Waals surface area contributed by atoms with Gasteiger partial charge in [-0.05, 0) is 85.3 Å². The van der Waals surface area contributed by atoms with Crippen molar-refractivity contribution >= 4 is 65.1 Å². The summed E-state index contributed by atoms with van der Waals surface area (Å²) in [5.74, 6) is -0.190. The number of rotatable bonds is 7. The molecule has 0 aliphatic rings. The van der Waals surface area contributed by atoms with Gasteiger partial charge in [-0.1, -0.05) is 30.3 Å². The number of hydrazone groups is 1. The Morgan fingerprint density at radius 2 is 1.72 bits per heavy atom. The normalized spacial score (nSPS) is 11.3. The highest BCUT2D eigenvalue weighted by molar-refractivity contribution is 9.13. The van der Waals surface area contributed by atoms with Gasteiger partial charge in [0.1, 0.15) is 0 Å². The van der Waals surface area contributed by atoms with E-state index in [9.17, 15) is 4.79 Å². The maximum absolute atomic E-state index is 11.9. The SMILES string of the molecule is CC(CCc1ccccc1)=NNC(=O)CNc1cc(Br)c(Br)cc1Br. The first-order valence-electron chi connectivity index (χ1n) is 7.70. The Labute approximate surface area is 172 Å². The topological polar surface area (TPSA) is 53.5 Å². The summed E-state index contributed by atoms with van der Waals surface area (Å²) in [6.07, 6.45) is 1.72. The molecule has 2 N–H and O–H groups in total. The molecule has 0 saturated heterocycles. The third-order valence-electron chi connectivity index (χ3n) is 3.44. The average molecular weight is 532 g/mol. The van der Waals surface area contributed by atoms with Crippen LogP contribution in [0.2, 0.25) is 0 Å². The first-order chi connectivity index (χ1) is 12.0. The summed E-state index contributed by atoms with van der Waals surface area (Å²) in [6.45, 7) is 2.06. The van der Waals surface area contributed by atoms with Gasteiger partial charge in [0.25, 0.3) is 5.91 Å². The van der Waals surface area contributed by atoms with E-state index < -0.39 is 0 Å². The molecular weight excluding hydrogens is 514 g/mol. The van der Waals surface area contributed by atoms with E-state index in [4.69, 9.17) is 0 Å². The molecule has 1 amide bonds. The van der Waals surface area contributed by atoms with E-state index in [0.717, 1.165) is 37.7 Å². The van der Waals surface area contributed by atoms with Crippen LogP contribution in [0.3, 0.4) is 0 Å². The number of hydrogen-bond donors (Lipinski definition) is 2. The van der Waals surface area contributed by atoms with Crippen LogP contribution in [0.15, 0.2) is 61.0 Å². The van der Waals surface area contributed by atoms with E-state index in [1.807, 2.05) is 37.3 Å². The van der Waals surface area contributed by atoms with Crippen molar-refractivity contribution < 1.29 is 4.79 Å². The Hall–Kier alpha value is -1.18. The number of benzene rings is 2. The van der Waals surface area contributed by atoms with Gasteiger partial charge in [0.15, 0.2) is 0 Å². The summed E-state index contributed by atoms with van der Waals surface area (Å²) < 4.78 is 2.72. The van der Waals surface area contributed by atoms with Crippen LogP contribution in [-0.2, 0) is 11.2 Å². The standard InChI is InChI=1S/C18H18Br3N3O/c1-12(7-8-13-5-3-2-4-6-13)23-24-18(25)11-22-17-10-15(20)14(19)9-16(17)21/h2-6,9-10,22H,7-8,11H2,1H3,(H,24,25). The molecule has 0 aliphatic heterocycles.